The van der Waals surface area contributed by atoms with E-state index in [1.54, 1.807) is 0 Å². The molecule has 3 aliphatic rings. The molecule has 0 aromatic heterocycles. The molecule has 442 valence electrons. The summed E-state index contributed by atoms with van der Waals surface area (Å²) in [5, 5.41) is 0. The van der Waals surface area contributed by atoms with Crippen LogP contribution in [0.1, 0.15) is 19.3 Å². The van der Waals surface area contributed by atoms with Crippen LogP contribution in [0.5, 0.6) is 0 Å². The van der Waals surface area contributed by atoms with Gasteiger partial charge in [-0.2, -0.15) is 0 Å². The number of rotatable bonds is 38. The van der Waals surface area contributed by atoms with Gasteiger partial charge < -0.3 is 95.1 Å². The van der Waals surface area contributed by atoms with E-state index in [2.05, 4.69) is 108 Å². The molecule has 8 radical (unpaired) electrons. The van der Waals surface area contributed by atoms with Crippen LogP contribution < -0.4 is 0 Å². The van der Waals surface area contributed by atoms with Gasteiger partial charge in [-0.25, -0.2) is 14.4 Å². The zero-order valence-electron chi connectivity index (χ0n) is 43.9. The van der Waals surface area contributed by atoms with Crippen molar-refractivity contribution in [3.8, 4) is 0 Å². The third-order valence-electron chi connectivity index (χ3n) is 11.7. The number of hydrogen-bond donors (Lipinski definition) is 0. The van der Waals surface area contributed by atoms with Gasteiger partial charge in [0.2, 0.25) is 0 Å². The molecule has 19 unspecified atom stereocenters. The summed E-state index contributed by atoms with van der Waals surface area (Å²) < 4.78 is 120. The minimum atomic E-state index is -3.02. The van der Waals surface area contributed by atoms with Gasteiger partial charge in [-0.15, -0.1) is 0 Å². The van der Waals surface area contributed by atoms with E-state index in [0.29, 0.717) is 31.4 Å². The molecule has 78 heavy (non-hydrogen) atoms. The minimum absolute atomic E-state index is 0. The Kier molecular flexibility index (Phi) is 52.6. The molecule has 0 saturated carbocycles. The van der Waals surface area contributed by atoms with Crippen LogP contribution in [0.3, 0.4) is 0 Å². The number of hydrogen-bond acceptors (Lipinski definition) is 24. The Morgan fingerprint density at radius 3 is 1.15 bits per heavy atom. The molecule has 0 spiro atoms. The van der Waals surface area contributed by atoms with Crippen LogP contribution in [-0.2, 0) is 240 Å². The second-order valence-corrected chi connectivity index (χ2v) is 33.7. The fourth-order valence-corrected chi connectivity index (χ4v) is 28.7. The third-order valence-corrected chi connectivity index (χ3v) is 31.6. The zero-order chi connectivity index (χ0) is 55.3. The quantitative estimate of drug-likeness (QED) is 0.0278. The van der Waals surface area contributed by atoms with Gasteiger partial charge in [-0.05, 0) is 63.2 Å². The zero-order valence-corrected chi connectivity index (χ0v) is 74.1. The van der Waals surface area contributed by atoms with Crippen molar-refractivity contribution in [2.24, 2.45) is 0 Å². The predicted octanol–water partition coefficient (Wildman–Crippen LogP) is 4.10. The van der Waals surface area contributed by atoms with Gasteiger partial charge in [0.1, 0.15) is 36.6 Å². The first-order valence-corrected chi connectivity index (χ1v) is 39.1. The smallest absolute Gasteiger partial charge is 0.370 e. The Morgan fingerprint density at radius 1 is 0.487 bits per heavy atom. The number of esters is 3. The van der Waals surface area contributed by atoms with Crippen LogP contribution in [0.15, 0.2) is 0 Å². The van der Waals surface area contributed by atoms with Gasteiger partial charge in [0.05, 0.1) is 39.6 Å². The molecular weight excluding hydrogens is 1650 g/mol. The van der Waals surface area contributed by atoms with Crippen LogP contribution in [0.4, 0.5) is 0 Å². The SMILES string of the molecule is C[Si](CCCOC(=O)[C@]1(OP)O[C@@H](COP)C(OP)C1OP)C[Si](C)O[Si](C)(CCCOC(=O)[C@]1(OP)O[C@@H](COP)C(OP)C1OP)O[Si](C)O[Si](C)CCCOC(=O)[C@]1(OP)O[C@@H](COP)C(OP)C1OP.[Y].[Y].[Y].[Y]. The third kappa shape index (κ3) is 24.9. The molecule has 45 heteroatoms. The second kappa shape index (κ2) is 46.4. The van der Waals surface area contributed by atoms with Crippen molar-refractivity contribution in [1.29, 1.82) is 0 Å². The summed E-state index contributed by atoms with van der Waals surface area (Å²) in [7, 11) is 16.6. The average molecular weight is 1720 g/mol. The maximum atomic E-state index is 13.7. The van der Waals surface area contributed by atoms with Crippen LogP contribution >= 0.6 is 114 Å². The van der Waals surface area contributed by atoms with E-state index < -0.39 is 135 Å². The van der Waals surface area contributed by atoms with E-state index >= 15 is 0 Å². The molecule has 3 heterocycles. The Labute approximate surface area is 596 Å². The summed E-state index contributed by atoms with van der Waals surface area (Å²) in [5.74, 6) is -8.12. The van der Waals surface area contributed by atoms with Gasteiger partial charge in [0.25, 0.3) is 0 Å². The van der Waals surface area contributed by atoms with Crippen LogP contribution in [0.2, 0.25) is 56.5 Å². The summed E-state index contributed by atoms with van der Waals surface area (Å²) in [5.41, 5.74) is 0.851. The molecule has 3 fully saturated rings. The first kappa shape index (κ1) is 88.4. The fourth-order valence-electron chi connectivity index (χ4n) is 8.43. The number of ether oxygens (including phenoxy) is 6. The number of carbonyl (C=O) groups excluding carboxylic acids is 3. The van der Waals surface area contributed by atoms with Gasteiger partial charge in [0, 0.05) is 253 Å². The van der Waals surface area contributed by atoms with Crippen molar-refractivity contribution < 1.29 is 240 Å². The van der Waals surface area contributed by atoms with Crippen molar-refractivity contribution in [1.82, 2.24) is 0 Å². The van der Waals surface area contributed by atoms with Crippen molar-refractivity contribution in [2.75, 3.05) is 39.6 Å². The summed E-state index contributed by atoms with van der Waals surface area (Å²) in [6.07, 6.45) is -5.78. The summed E-state index contributed by atoms with van der Waals surface area (Å²) >= 11 is 0. The predicted molar refractivity (Wildman–Crippen MR) is 317 cm³/mol. The molecule has 3 rings (SSSR count). The number of carbonyl (C=O) groups is 3. The molecular formula is C33H74O24P12Si5Y4. The monoisotopic (exact) mass is 1720 g/mol. The molecule has 3 saturated heterocycles. The maximum absolute atomic E-state index is 13.7. The van der Waals surface area contributed by atoms with Crippen LogP contribution in [0, 0.1) is 0 Å². The molecule has 0 amide bonds. The van der Waals surface area contributed by atoms with Gasteiger partial charge in [0.15, 0.2) is 36.4 Å². The van der Waals surface area contributed by atoms with Gasteiger partial charge in [-0.3, -0.25) is 0 Å². The second-order valence-electron chi connectivity index (χ2n) is 17.0. The Hall–Kier alpha value is 8.35. The van der Waals surface area contributed by atoms with E-state index in [-0.39, 0.29) is 170 Å². The largest absolute Gasteiger partial charge is 0.462 e. The maximum Gasteiger partial charge on any atom is 0.370 e. The summed E-state index contributed by atoms with van der Waals surface area (Å²) in [6, 6.07) is 1.90. The fraction of sp³-hybridized carbons (Fsp3) is 0.909. The van der Waals surface area contributed by atoms with Crippen molar-refractivity contribution >= 4 is 176 Å². The molecule has 24 nitrogen and oxygen atoms in total. The molecule has 3 aliphatic heterocycles. The molecule has 0 aromatic rings. The van der Waals surface area contributed by atoms with Gasteiger partial charge in [-0.1, -0.05) is 12.6 Å². The van der Waals surface area contributed by atoms with E-state index in [0.717, 1.165) is 11.7 Å². The van der Waals surface area contributed by atoms with E-state index in [1.807, 2.05) is 38.6 Å². The minimum Gasteiger partial charge on any atom is -0.462 e. The van der Waals surface area contributed by atoms with E-state index in [4.69, 9.17) is 95.1 Å². The molecule has 25 atom stereocenters. The Bertz CT molecular complexity index is 1630. The Morgan fingerprint density at radius 2 is 0.833 bits per heavy atom. The molecule has 0 aromatic carbocycles. The van der Waals surface area contributed by atoms with Crippen molar-refractivity contribution in [2.45, 2.75) is 148 Å². The average Bonchev–Trinajstić information content (AvgIpc) is 3.99. The standard InChI is InChI=1S/C33H74O24P12Si5.4Y/c1-70(12-6-9-37-28(34)31(52-67)25(49-64)22(46-61)19(43-31)15-40-58)18-72(3)56-74(5,14-8-11-39-30(36)33(54-69)27(51-66)24(48-63)21(45-33)17-42-60)57-73(4)55-71(2)13-7-10-38-29(35)32(53-68)26(50-65)23(47-62)20(44-32)16-41-59;;;;/h19-27H,6-18,58-69H2,1-5H3;;;;/t19-,20-,21-,22?,23?,24?,25?,26?,27?,31-,32-,33-,74?;;;;/m0..../s1. The molecule has 0 N–H and O–H groups in total. The first-order valence-electron chi connectivity index (χ1n) is 22.5. The Balaban J connectivity index is 0. The summed E-state index contributed by atoms with van der Waals surface area (Å²) in [4.78, 5) is 40.6. The van der Waals surface area contributed by atoms with Crippen molar-refractivity contribution in [3.63, 3.8) is 0 Å². The molecule has 0 aliphatic carbocycles. The first-order chi connectivity index (χ1) is 35.3. The topological polar surface area (TPSA) is 245 Å². The van der Waals surface area contributed by atoms with Gasteiger partial charge >= 0.3 is 53.1 Å². The van der Waals surface area contributed by atoms with Crippen molar-refractivity contribution in [3.05, 3.63) is 0 Å². The summed E-state index contributed by atoms with van der Waals surface area (Å²) in [6.45, 7) is 10.7. The van der Waals surface area contributed by atoms with Crippen LogP contribution in [-0.4, -0.2) is 175 Å². The molecule has 0 bridgehead atoms. The van der Waals surface area contributed by atoms with E-state index in [9.17, 15) is 14.4 Å². The van der Waals surface area contributed by atoms with Crippen LogP contribution in [0.25, 0.3) is 0 Å². The van der Waals surface area contributed by atoms with E-state index in [1.165, 1.54) is 0 Å². The normalized spacial score (nSPS) is 29.4.